The number of aliphatic hydroxyl groups is 1. The molecule has 4 heteroatoms. The van der Waals surface area contributed by atoms with Crippen LogP contribution in [-0.2, 0) is 0 Å². The van der Waals surface area contributed by atoms with Crippen molar-refractivity contribution in [1.29, 1.82) is 0 Å². The van der Waals surface area contributed by atoms with Crippen molar-refractivity contribution < 1.29 is 13.9 Å². The molecule has 0 amide bonds. The molecule has 0 saturated heterocycles. The highest BCUT2D eigenvalue weighted by Crippen LogP contribution is 2.64. The Morgan fingerprint density at radius 1 is 1.27 bits per heavy atom. The first-order valence-corrected chi connectivity index (χ1v) is 8.82. The van der Waals surface area contributed by atoms with Crippen molar-refractivity contribution in [2.24, 2.45) is 28.9 Å². The van der Waals surface area contributed by atoms with Crippen molar-refractivity contribution in [3.8, 4) is 0 Å². The van der Waals surface area contributed by atoms with Gasteiger partial charge in [0.2, 0.25) is 0 Å². The normalized spacial score (nSPS) is 57.6. The van der Waals surface area contributed by atoms with Crippen molar-refractivity contribution in [3.05, 3.63) is 11.6 Å². The molecule has 0 aromatic rings. The van der Waals surface area contributed by atoms with Gasteiger partial charge in [-0.15, -0.1) is 0 Å². The van der Waals surface area contributed by atoms with Crippen molar-refractivity contribution in [2.75, 3.05) is 0 Å². The molecule has 0 unspecified atom stereocenters. The Labute approximate surface area is 131 Å². The van der Waals surface area contributed by atoms with E-state index in [1.54, 1.807) is 0 Å². The molecule has 3 fully saturated rings. The maximum atomic E-state index is 16.1. The molecule has 3 N–H and O–H groups in total. The number of halogens is 2. The lowest BCUT2D eigenvalue weighted by atomic mass is 9.51. The maximum absolute atomic E-state index is 16.1. The van der Waals surface area contributed by atoms with Crippen LogP contribution >= 0.6 is 0 Å². The third kappa shape index (κ3) is 1.83. The van der Waals surface area contributed by atoms with Crippen LogP contribution in [-0.4, -0.2) is 29.1 Å². The third-order valence-corrected chi connectivity index (χ3v) is 7.55. The zero-order chi connectivity index (χ0) is 15.7. The first-order chi connectivity index (χ1) is 10.4. The number of allylic oxidation sites excluding steroid dienone is 1. The van der Waals surface area contributed by atoms with E-state index < -0.39 is 17.9 Å². The van der Waals surface area contributed by atoms with Gasteiger partial charge in [0.05, 0.1) is 6.10 Å². The number of alkyl halides is 2. The van der Waals surface area contributed by atoms with Gasteiger partial charge >= 0.3 is 0 Å². The minimum atomic E-state index is -1.21. The lowest BCUT2D eigenvalue weighted by molar-refractivity contribution is -0.0985. The molecule has 2 nitrogen and oxygen atoms in total. The standard InChI is InChI=1S/C18H27F2NO/c1-17-6-7-18(20)12-5-3-11(22)8-10(12)2-4-13(18)14(17)9-15(19)16(17)21/h2,11-16,22H,3-9,21H2,1H3/t11-,12-,13-,14-,15+,16-,17-,18-/m0/s1. The topological polar surface area (TPSA) is 46.2 Å². The van der Waals surface area contributed by atoms with Gasteiger partial charge in [-0.2, -0.15) is 0 Å². The van der Waals surface area contributed by atoms with Crippen LogP contribution in [0.15, 0.2) is 11.6 Å². The summed E-state index contributed by atoms with van der Waals surface area (Å²) in [6, 6.07) is -0.444. The van der Waals surface area contributed by atoms with Crippen LogP contribution in [0.3, 0.4) is 0 Å². The molecule has 124 valence electrons. The molecule has 0 radical (unpaired) electrons. The van der Waals surface area contributed by atoms with Gasteiger partial charge in [-0.25, -0.2) is 8.78 Å². The Morgan fingerprint density at radius 2 is 2.05 bits per heavy atom. The fourth-order valence-corrected chi connectivity index (χ4v) is 6.18. The SMILES string of the molecule is C[C@]12CC[C@]3(F)[C@H]4CC[C@H](O)CC4=CC[C@H]3[C@@H]1C[C@@H](F)[C@@H]2N. The Kier molecular flexibility index (Phi) is 3.26. The number of fused-ring (bicyclic) bond motifs is 5. The van der Waals surface area contributed by atoms with Crippen LogP contribution in [0.5, 0.6) is 0 Å². The summed E-state index contributed by atoms with van der Waals surface area (Å²) in [4.78, 5) is 0. The molecule has 8 atom stereocenters. The van der Waals surface area contributed by atoms with Crippen LogP contribution in [0, 0.1) is 23.2 Å². The van der Waals surface area contributed by atoms with E-state index in [0.29, 0.717) is 38.5 Å². The second kappa shape index (κ2) is 4.76. The average molecular weight is 311 g/mol. The van der Waals surface area contributed by atoms with Crippen LogP contribution in [0.2, 0.25) is 0 Å². The molecule has 0 spiro atoms. The number of hydrogen-bond acceptors (Lipinski definition) is 2. The highest BCUT2D eigenvalue weighted by atomic mass is 19.1. The minimum absolute atomic E-state index is 0.0564. The minimum Gasteiger partial charge on any atom is -0.393 e. The van der Waals surface area contributed by atoms with Crippen molar-refractivity contribution in [1.82, 2.24) is 0 Å². The molecule has 0 bridgehead atoms. The summed E-state index contributed by atoms with van der Waals surface area (Å²) in [5.41, 5.74) is 5.79. The summed E-state index contributed by atoms with van der Waals surface area (Å²) in [6.45, 7) is 2.07. The van der Waals surface area contributed by atoms with Crippen LogP contribution in [0.4, 0.5) is 8.78 Å². The largest absolute Gasteiger partial charge is 0.393 e. The summed E-state index contributed by atoms with van der Waals surface area (Å²) in [5.74, 6) is -0.1000. The predicted molar refractivity (Wildman–Crippen MR) is 81.7 cm³/mol. The Morgan fingerprint density at radius 3 is 2.82 bits per heavy atom. The summed E-state index contributed by atoms with van der Waals surface area (Å²) < 4.78 is 30.3. The van der Waals surface area contributed by atoms with Crippen molar-refractivity contribution >= 4 is 0 Å². The molecular formula is C18H27F2NO. The van der Waals surface area contributed by atoms with E-state index >= 15 is 4.39 Å². The van der Waals surface area contributed by atoms with Gasteiger partial charge in [0.25, 0.3) is 0 Å². The Hall–Kier alpha value is -0.480. The number of hydrogen-bond donors (Lipinski definition) is 2. The van der Waals surface area contributed by atoms with Gasteiger partial charge in [-0.1, -0.05) is 18.6 Å². The monoisotopic (exact) mass is 311 g/mol. The highest BCUT2D eigenvalue weighted by molar-refractivity contribution is 5.26. The number of aliphatic hydroxyl groups excluding tert-OH is 1. The van der Waals surface area contributed by atoms with E-state index in [0.717, 1.165) is 12.0 Å². The van der Waals surface area contributed by atoms with Gasteiger partial charge < -0.3 is 10.8 Å². The highest BCUT2D eigenvalue weighted by Gasteiger charge is 2.64. The average Bonchev–Trinajstić information content (AvgIpc) is 2.71. The lowest BCUT2D eigenvalue weighted by Gasteiger charge is -2.56. The first kappa shape index (κ1) is 15.1. The molecule has 4 rings (SSSR count). The summed E-state index contributed by atoms with van der Waals surface area (Å²) in [5, 5.41) is 9.86. The number of rotatable bonds is 0. The quantitative estimate of drug-likeness (QED) is 0.674. The molecule has 0 aromatic heterocycles. The maximum Gasteiger partial charge on any atom is 0.121 e. The molecule has 4 aliphatic rings. The van der Waals surface area contributed by atoms with Crippen LogP contribution in [0.1, 0.15) is 51.9 Å². The molecule has 0 aromatic carbocycles. The zero-order valence-electron chi connectivity index (χ0n) is 13.3. The summed E-state index contributed by atoms with van der Waals surface area (Å²) >= 11 is 0. The number of nitrogens with two attached hydrogens (primary N) is 1. The molecule has 3 saturated carbocycles. The predicted octanol–water partition coefficient (Wildman–Crippen LogP) is 3.29. The first-order valence-electron chi connectivity index (χ1n) is 8.82. The van der Waals surface area contributed by atoms with Crippen LogP contribution < -0.4 is 5.73 Å². The van der Waals surface area contributed by atoms with Crippen molar-refractivity contribution in [3.63, 3.8) is 0 Å². The Balaban J connectivity index is 1.69. The summed E-state index contributed by atoms with van der Waals surface area (Å²) in [6.07, 6.45) is 5.20. The van der Waals surface area contributed by atoms with Gasteiger partial charge in [-0.3, -0.25) is 0 Å². The smallest absolute Gasteiger partial charge is 0.121 e. The molecular weight excluding hydrogens is 284 g/mol. The lowest BCUT2D eigenvalue weighted by Crippen LogP contribution is -2.57. The summed E-state index contributed by atoms with van der Waals surface area (Å²) in [7, 11) is 0. The third-order valence-electron chi connectivity index (χ3n) is 7.55. The second-order valence-electron chi connectivity index (χ2n) is 8.43. The van der Waals surface area contributed by atoms with Gasteiger partial charge in [0.1, 0.15) is 11.8 Å². The van der Waals surface area contributed by atoms with Gasteiger partial charge in [0.15, 0.2) is 0 Å². The van der Waals surface area contributed by atoms with E-state index in [1.807, 2.05) is 0 Å². The second-order valence-corrected chi connectivity index (χ2v) is 8.43. The van der Waals surface area contributed by atoms with Crippen LogP contribution in [0.25, 0.3) is 0 Å². The molecule has 0 heterocycles. The molecule has 22 heavy (non-hydrogen) atoms. The van der Waals surface area contributed by atoms with E-state index in [9.17, 15) is 9.50 Å². The fourth-order valence-electron chi connectivity index (χ4n) is 6.18. The van der Waals surface area contributed by atoms with Gasteiger partial charge in [-0.05, 0) is 56.3 Å². The van der Waals surface area contributed by atoms with E-state index in [4.69, 9.17) is 5.73 Å². The van der Waals surface area contributed by atoms with E-state index in [1.165, 1.54) is 0 Å². The van der Waals surface area contributed by atoms with E-state index in [-0.39, 0.29) is 29.3 Å². The Bertz CT molecular complexity index is 509. The van der Waals surface area contributed by atoms with Gasteiger partial charge in [0, 0.05) is 17.9 Å². The fraction of sp³-hybridized carbons (Fsp3) is 0.889. The molecule has 4 aliphatic carbocycles. The van der Waals surface area contributed by atoms with E-state index in [2.05, 4.69) is 13.0 Å². The zero-order valence-corrected chi connectivity index (χ0v) is 13.3. The molecule has 0 aliphatic heterocycles. The van der Waals surface area contributed by atoms with Crippen molar-refractivity contribution in [2.45, 2.75) is 75.9 Å².